The molecule has 1 aromatic heterocycles. The molecule has 3 nitrogen and oxygen atoms in total. The Kier molecular flexibility index (Phi) is 5.71. The maximum Gasteiger partial charge on any atom is 0.261 e. The molecule has 3 fully saturated rings. The molecule has 3 saturated carbocycles. The number of rotatable bonds is 6. The second-order valence-corrected chi connectivity index (χ2v) is 8.56. The van der Waals surface area contributed by atoms with E-state index in [9.17, 15) is 13.6 Å². The smallest absolute Gasteiger partial charge is 0.261 e. The van der Waals surface area contributed by atoms with Gasteiger partial charge in [-0.1, -0.05) is 0 Å². The zero-order valence-electron chi connectivity index (χ0n) is 14.1. The van der Waals surface area contributed by atoms with Crippen molar-refractivity contribution in [3.63, 3.8) is 0 Å². The fourth-order valence-electron chi connectivity index (χ4n) is 3.53. The summed E-state index contributed by atoms with van der Waals surface area (Å²) in [6.07, 6.45) is 4.37. The molecular formula is C18H25ClF2N2OS. The highest BCUT2D eigenvalue weighted by Gasteiger charge is 2.40. The fourth-order valence-corrected chi connectivity index (χ4v) is 4.41. The number of hydrogen-bond acceptors (Lipinski definition) is 3. The van der Waals surface area contributed by atoms with Gasteiger partial charge < -0.3 is 10.6 Å². The summed E-state index contributed by atoms with van der Waals surface area (Å²) in [5, 5.41) is 8.62. The number of thiophene rings is 1. The number of carbonyl (C=O) groups excluding carboxylic acids is 1. The first-order chi connectivity index (χ1) is 11.5. The van der Waals surface area contributed by atoms with Crippen molar-refractivity contribution in [1.82, 2.24) is 10.6 Å². The van der Waals surface area contributed by atoms with Crippen LogP contribution in [0.3, 0.4) is 0 Å². The average Bonchev–Trinajstić information content (AvgIpc) is 3.46. The van der Waals surface area contributed by atoms with Crippen LogP contribution in [0.15, 0.2) is 11.4 Å². The van der Waals surface area contributed by atoms with E-state index in [2.05, 4.69) is 16.0 Å². The van der Waals surface area contributed by atoms with Crippen LogP contribution in [-0.4, -0.2) is 30.5 Å². The third-order valence-corrected chi connectivity index (χ3v) is 6.43. The van der Waals surface area contributed by atoms with Gasteiger partial charge in [-0.25, -0.2) is 8.78 Å². The Bertz CT molecular complexity index is 610. The normalized spacial score (nSPS) is 28.2. The Morgan fingerprint density at radius 1 is 1.24 bits per heavy atom. The number of halogens is 3. The van der Waals surface area contributed by atoms with E-state index in [1.165, 1.54) is 29.7 Å². The summed E-state index contributed by atoms with van der Waals surface area (Å²) in [4.78, 5) is 13.0. The monoisotopic (exact) mass is 390 g/mol. The molecule has 1 aromatic rings. The second-order valence-electron chi connectivity index (χ2n) is 7.65. The molecule has 140 valence electrons. The Hall–Kier alpha value is -0.720. The highest BCUT2D eigenvalue weighted by atomic mass is 35.5. The van der Waals surface area contributed by atoms with Gasteiger partial charge in [0.1, 0.15) is 0 Å². The highest BCUT2D eigenvalue weighted by Crippen LogP contribution is 2.43. The summed E-state index contributed by atoms with van der Waals surface area (Å²) in [6, 6.07) is 2.44. The molecule has 3 aliphatic carbocycles. The number of hydrogen-bond donors (Lipinski definition) is 2. The van der Waals surface area contributed by atoms with E-state index < -0.39 is 5.92 Å². The molecule has 2 atom stereocenters. The van der Waals surface area contributed by atoms with Crippen molar-refractivity contribution in [3.8, 4) is 0 Å². The lowest BCUT2D eigenvalue weighted by Gasteiger charge is -2.28. The molecule has 7 heteroatoms. The molecule has 0 spiro atoms. The lowest BCUT2D eigenvalue weighted by molar-refractivity contribution is -0.0399. The molecule has 25 heavy (non-hydrogen) atoms. The molecule has 1 amide bonds. The molecule has 0 saturated heterocycles. The van der Waals surface area contributed by atoms with Gasteiger partial charge in [-0.15, -0.1) is 23.7 Å². The average molecular weight is 391 g/mol. The lowest BCUT2D eigenvalue weighted by atomic mass is 9.92. The Balaban J connectivity index is 0.00000182. The van der Waals surface area contributed by atoms with Gasteiger partial charge in [-0.05, 0) is 61.6 Å². The summed E-state index contributed by atoms with van der Waals surface area (Å²) >= 11 is 1.47. The minimum atomic E-state index is -2.55. The van der Waals surface area contributed by atoms with Crippen LogP contribution in [0.5, 0.6) is 0 Å². The molecule has 3 aliphatic rings. The van der Waals surface area contributed by atoms with Crippen molar-refractivity contribution in [3.05, 3.63) is 21.9 Å². The minimum absolute atomic E-state index is 0. The first-order valence-electron chi connectivity index (χ1n) is 9.01. The molecule has 0 unspecified atom stereocenters. The molecule has 0 radical (unpaired) electrons. The molecule has 0 bridgehead atoms. The van der Waals surface area contributed by atoms with Crippen molar-refractivity contribution >= 4 is 29.7 Å². The van der Waals surface area contributed by atoms with Crippen molar-refractivity contribution in [2.45, 2.75) is 68.9 Å². The first kappa shape index (κ1) is 19.1. The predicted molar refractivity (Wildman–Crippen MR) is 98.1 cm³/mol. The standard InChI is InChI=1S/C18H24F2N2OS.ClH/c19-18(20)5-3-13(4-6-18)22-17(23)16-7-12(10-24-16)14-8-15(14)21-9-11-1-2-11;/h7,10-11,13-15,21H,1-6,8-9H2,(H,22,23);1H/t14-,15+;/m0./s1. The van der Waals surface area contributed by atoms with Crippen LogP contribution in [0.4, 0.5) is 8.78 Å². The zero-order chi connectivity index (χ0) is 16.7. The number of alkyl halides is 2. The Morgan fingerprint density at radius 3 is 2.64 bits per heavy atom. The van der Waals surface area contributed by atoms with Gasteiger partial charge in [0.05, 0.1) is 4.88 Å². The van der Waals surface area contributed by atoms with E-state index in [-0.39, 0.29) is 37.2 Å². The molecule has 0 aromatic carbocycles. The Labute approximate surface area is 157 Å². The molecule has 4 rings (SSSR count). The van der Waals surface area contributed by atoms with Gasteiger partial charge in [0.15, 0.2) is 0 Å². The summed E-state index contributed by atoms with van der Waals surface area (Å²) in [5.41, 5.74) is 1.24. The van der Waals surface area contributed by atoms with Crippen LogP contribution < -0.4 is 10.6 Å². The minimum Gasteiger partial charge on any atom is -0.349 e. The molecule has 1 heterocycles. The predicted octanol–water partition coefficient (Wildman–Crippen LogP) is 4.33. The molecule has 2 N–H and O–H groups in total. The third-order valence-electron chi connectivity index (χ3n) is 5.48. The van der Waals surface area contributed by atoms with Crippen molar-refractivity contribution < 1.29 is 13.6 Å². The molecule has 0 aliphatic heterocycles. The summed E-state index contributed by atoms with van der Waals surface area (Å²) in [5.74, 6) is -1.23. The largest absolute Gasteiger partial charge is 0.349 e. The van der Waals surface area contributed by atoms with Crippen molar-refractivity contribution in [1.29, 1.82) is 0 Å². The van der Waals surface area contributed by atoms with E-state index >= 15 is 0 Å². The van der Waals surface area contributed by atoms with E-state index in [1.54, 1.807) is 0 Å². The van der Waals surface area contributed by atoms with E-state index in [0.717, 1.165) is 18.9 Å². The molecular weight excluding hydrogens is 366 g/mol. The van der Waals surface area contributed by atoms with Gasteiger partial charge >= 0.3 is 0 Å². The maximum absolute atomic E-state index is 13.2. The number of amides is 1. The van der Waals surface area contributed by atoms with Gasteiger partial charge in [-0.3, -0.25) is 4.79 Å². The highest BCUT2D eigenvalue weighted by molar-refractivity contribution is 7.12. The number of carbonyl (C=O) groups is 1. The number of nitrogens with one attached hydrogen (secondary N) is 2. The summed E-state index contributed by atoms with van der Waals surface area (Å²) in [7, 11) is 0. The first-order valence-corrected chi connectivity index (χ1v) is 9.89. The van der Waals surface area contributed by atoms with Gasteiger partial charge in [-0.2, -0.15) is 0 Å². The topological polar surface area (TPSA) is 41.1 Å². The van der Waals surface area contributed by atoms with Crippen molar-refractivity contribution in [2.75, 3.05) is 6.54 Å². The fraction of sp³-hybridized carbons (Fsp3) is 0.722. The van der Waals surface area contributed by atoms with Crippen LogP contribution >= 0.6 is 23.7 Å². The zero-order valence-corrected chi connectivity index (χ0v) is 15.7. The third kappa shape index (κ3) is 4.92. The van der Waals surface area contributed by atoms with E-state index in [1.807, 2.05) is 6.07 Å². The summed E-state index contributed by atoms with van der Waals surface area (Å²) < 4.78 is 26.3. The van der Waals surface area contributed by atoms with Crippen LogP contribution in [0, 0.1) is 5.92 Å². The summed E-state index contributed by atoms with van der Waals surface area (Å²) in [6.45, 7) is 1.13. The van der Waals surface area contributed by atoms with Crippen LogP contribution in [0.1, 0.15) is 66.1 Å². The van der Waals surface area contributed by atoms with Crippen LogP contribution in [0.25, 0.3) is 0 Å². The van der Waals surface area contributed by atoms with Crippen molar-refractivity contribution in [2.24, 2.45) is 5.92 Å². The van der Waals surface area contributed by atoms with Crippen LogP contribution in [0.2, 0.25) is 0 Å². The van der Waals surface area contributed by atoms with Crippen LogP contribution in [-0.2, 0) is 0 Å². The van der Waals surface area contributed by atoms with Gasteiger partial charge in [0, 0.05) is 30.8 Å². The SMILES string of the molecule is Cl.O=C(NC1CCC(F)(F)CC1)c1cc([C@@H]2C[C@H]2NCC2CC2)cs1. The van der Waals surface area contributed by atoms with Gasteiger partial charge in [0.25, 0.3) is 5.91 Å². The Morgan fingerprint density at radius 2 is 1.96 bits per heavy atom. The maximum atomic E-state index is 13.2. The second kappa shape index (κ2) is 7.49. The van der Waals surface area contributed by atoms with E-state index in [0.29, 0.717) is 29.7 Å². The lowest BCUT2D eigenvalue weighted by Crippen LogP contribution is -2.40. The van der Waals surface area contributed by atoms with E-state index in [4.69, 9.17) is 0 Å². The quantitative estimate of drug-likeness (QED) is 0.758. The van der Waals surface area contributed by atoms with Gasteiger partial charge in [0.2, 0.25) is 5.92 Å².